The Balaban J connectivity index is 1.90. The molecule has 2 aromatic carbocycles. The highest BCUT2D eigenvalue weighted by molar-refractivity contribution is 5.60. The summed E-state index contributed by atoms with van der Waals surface area (Å²) < 4.78 is 12.3. The van der Waals surface area contributed by atoms with Crippen molar-refractivity contribution in [2.45, 2.75) is 57.2 Å². The average molecular weight is 372 g/mol. The monoisotopic (exact) mass is 372 g/mol. The van der Waals surface area contributed by atoms with E-state index in [2.05, 4.69) is 0 Å². The van der Waals surface area contributed by atoms with Crippen LogP contribution in [0.15, 0.2) is 24.3 Å². The number of phenolic OH excluding ortho intramolecular Hbond substituents is 4. The van der Waals surface area contributed by atoms with Crippen molar-refractivity contribution in [2.75, 3.05) is 0 Å². The van der Waals surface area contributed by atoms with Gasteiger partial charge in [-0.3, -0.25) is 0 Å². The van der Waals surface area contributed by atoms with E-state index in [1.165, 1.54) is 12.1 Å². The summed E-state index contributed by atoms with van der Waals surface area (Å²) in [5.74, 6) is -1.98. The summed E-state index contributed by atoms with van der Waals surface area (Å²) in [6.07, 6.45) is 0.935. The van der Waals surface area contributed by atoms with E-state index < -0.39 is 16.6 Å². The lowest BCUT2D eigenvalue weighted by Crippen LogP contribution is -2.55. The summed E-state index contributed by atoms with van der Waals surface area (Å²) in [4.78, 5) is 0. The molecule has 0 fully saturated rings. The Morgan fingerprint density at radius 3 is 1.41 bits per heavy atom. The summed E-state index contributed by atoms with van der Waals surface area (Å²) in [7, 11) is 0. The molecular formula is C21H24O6. The molecule has 2 heterocycles. The van der Waals surface area contributed by atoms with E-state index in [0.29, 0.717) is 12.8 Å². The van der Waals surface area contributed by atoms with Gasteiger partial charge in [0.2, 0.25) is 11.5 Å². The van der Waals surface area contributed by atoms with Crippen LogP contribution < -0.4 is 9.47 Å². The normalized spacial score (nSPS) is 20.9. The Morgan fingerprint density at radius 1 is 0.667 bits per heavy atom. The maximum absolute atomic E-state index is 10.4. The molecule has 0 radical (unpaired) electrons. The molecule has 0 unspecified atom stereocenters. The molecule has 6 nitrogen and oxygen atoms in total. The van der Waals surface area contributed by atoms with Crippen LogP contribution >= 0.6 is 0 Å². The van der Waals surface area contributed by atoms with Crippen LogP contribution in [0.2, 0.25) is 0 Å². The van der Waals surface area contributed by atoms with Gasteiger partial charge in [0.15, 0.2) is 23.0 Å². The van der Waals surface area contributed by atoms with E-state index in [-0.39, 0.29) is 34.5 Å². The van der Waals surface area contributed by atoms with Crippen LogP contribution in [0.3, 0.4) is 0 Å². The minimum absolute atomic E-state index is 0.185. The molecule has 0 atom stereocenters. The molecule has 4 N–H and O–H groups in total. The molecule has 2 aromatic rings. The third kappa shape index (κ3) is 2.46. The predicted octanol–water partition coefficient (Wildman–Crippen LogP) is 4.03. The number of aromatic hydroxyl groups is 4. The molecule has 0 saturated heterocycles. The molecule has 4 rings (SSSR count). The fourth-order valence-corrected chi connectivity index (χ4v) is 4.53. The summed E-state index contributed by atoms with van der Waals surface area (Å²) >= 11 is 0. The molecule has 0 aliphatic carbocycles. The molecule has 0 bridgehead atoms. The lowest BCUT2D eigenvalue weighted by Gasteiger charge is -2.51. The third-order valence-corrected chi connectivity index (χ3v) is 5.68. The van der Waals surface area contributed by atoms with Gasteiger partial charge in [-0.05, 0) is 12.1 Å². The molecule has 27 heavy (non-hydrogen) atoms. The number of benzene rings is 2. The second-order valence-electron chi connectivity index (χ2n) is 8.86. The standard InChI is InChI=1S/C21H24O6/c1-19(2)9-21(26-17-11(19)5-7-13(22)15(17)24)10-20(3,4)12-6-8-14(23)16(25)18(12)27-21/h5-8,22-25H,9-10H2,1-4H3. The number of rotatable bonds is 0. The number of phenols is 4. The second kappa shape index (κ2) is 5.15. The summed E-state index contributed by atoms with van der Waals surface area (Å²) in [5, 5.41) is 40.6. The van der Waals surface area contributed by atoms with Crippen molar-refractivity contribution < 1.29 is 29.9 Å². The van der Waals surface area contributed by atoms with E-state index in [1.807, 2.05) is 27.7 Å². The highest BCUT2D eigenvalue weighted by Gasteiger charge is 2.54. The predicted molar refractivity (Wildman–Crippen MR) is 98.8 cm³/mol. The largest absolute Gasteiger partial charge is 0.504 e. The first kappa shape index (κ1) is 17.6. The van der Waals surface area contributed by atoms with E-state index in [9.17, 15) is 20.4 Å². The van der Waals surface area contributed by atoms with Gasteiger partial charge in [-0.1, -0.05) is 39.8 Å². The molecule has 0 amide bonds. The van der Waals surface area contributed by atoms with Gasteiger partial charge < -0.3 is 29.9 Å². The van der Waals surface area contributed by atoms with E-state index in [0.717, 1.165) is 11.1 Å². The minimum Gasteiger partial charge on any atom is -0.504 e. The summed E-state index contributed by atoms with van der Waals surface area (Å²) in [5.41, 5.74) is 0.712. The van der Waals surface area contributed by atoms with Gasteiger partial charge in [-0.2, -0.15) is 0 Å². The number of ether oxygens (including phenoxy) is 2. The SMILES string of the molecule is CC1(C)CC2(CC(C)(C)c3ccc(O)c(O)c3O2)Oc2c1ccc(O)c2O. The van der Waals surface area contributed by atoms with Crippen LogP contribution in [0, 0.1) is 0 Å². The van der Waals surface area contributed by atoms with Crippen molar-refractivity contribution in [3.63, 3.8) is 0 Å². The Morgan fingerprint density at radius 2 is 1.04 bits per heavy atom. The average Bonchev–Trinajstić information content (AvgIpc) is 2.54. The number of fused-ring (bicyclic) bond motifs is 2. The molecule has 0 aromatic heterocycles. The van der Waals surface area contributed by atoms with Gasteiger partial charge in [0.1, 0.15) is 0 Å². The Labute approximate surface area is 157 Å². The first-order valence-corrected chi connectivity index (χ1v) is 8.95. The number of hydrogen-bond acceptors (Lipinski definition) is 6. The summed E-state index contributed by atoms with van der Waals surface area (Å²) in [6.45, 7) is 8.06. The lowest BCUT2D eigenvalue weighted by molar-refractivity contribution is -0.168. The molecule has 2 aliphatic rings. The highest BCUT2D eigenvalue weighted by atomic mass is 16.7. The Hall–Kier alpha value is -2.76. The fourth-order valence-electron chi connectivity index (χ4n) is 4.53. The summed E-state index contributed by atoms with van der Waals surface area (Å²) in [6, 6.07) is 6.37. The maximum atomic E-state index is 10.4. The first-order valence-electron chi connectivity index (χ1n) is 8.95. The molecule has 6 heteroatoms. The zero-order valence-corrected chi connectivity index (χ0v) is 15.8. The molecular weight excluding hydrogens is 348 g/mol. The van der Waals surface area contributed by atoms with Crippen LogP contribution in [0.4, 0.5) is 0 Å². The highest BCUT2D eigenvalue weighted by Crippen LogP contribution is 2.58. The van der Waals surface area contributed by atoms with E-state index in [1.54, 1.807) is 12.1 Å². The Kier molecular flexibility index (Phi) is 3.37. The zero-order chi connectivity index (χ0) is 19.8. The van der Waals surface area contributed by atoms with E-state index in [4.69, 9.17) is 9.47 Å². The van der Waals surface area contributed by atoms with Gasteiger partial charge in [0.05, 0.1) is 0 Å². The Bertz CT molecular complexity index is 867. The van der Waals surface area contributed by atoms with Crippen LogP contribution in [-0.2, 0) is 10.8 Å². The van der Waals surface area contributed by atoms with Crippen LogP contribution in [0.5, 0.6) is 34.5 Å². The van der Waals surface area contributed by atoms with Gasteiger partial charge >= 0.3 is 0 Å². The van der Waals surface area contributed by atoms with Crippen LogP contribution in [-0.4, -0.2) is 26.2 Å². The van der Waals surface area contributed by atoms with Crippen molar-refractivity contribution in [2.24, 2.45) is 0 Å². The third-order valence-electron chi connectivity index (χ3n) is 5.68. The van der Waals surface area contributed by atoms with Crippen LogP contribution in [0.1, 0.15) is 51.7 Å². The van der Waals surface area contributed by atoms with Gasteiger partial charge in [-0.15, -0.1) is 0 Å². The van der Waals surface area contributed by atoms with Crippen molar-refractivity contribution in [3.8, 4) is 34.5 Å². The molecule has 1 spiro atoms. The lowest BCUT2D eigenvalue weighted by atomic mass is 9.69. The smallest absolute Gasteiger partial charge is 0.253 e. The van der Waals surface area contributed by atoms with Crippen molar-refractivity contribution >= 4 is 0 Å². The van der Waals surface area contributed by atoms with Crippen molar-refractivity contribution in [1.29, 1.82) is 0 Å². The van der Waals surface area contributed by atoms with Crippen molar-refractivity contribution in [1.82, 2.24) is 0 Å². The first-order chi connectivity index (χ1) is 12.5. The maximum Gasteiger partial charge on any atom is 0.253 e. The molecule has 2 aliphatic heterocycles. The molecule has 0 saturated carbocycles. The van der Waals surface area contributed by atoms with Gasteiger partial charge in [-0.25, -0.2) is 0 Å². The number of hydrogen-bond donors (Lipinski definition) is 4. The minimum atomic E-state index is -1.16. The fraction of sp³-hybridized carbons (Fsp3) is 0.429. The van der Waals surface area contributed by atoms with Gasteiger partial charge in [0, 0.05) is 34.8 Å². The van der Waals surface area contributed by atoms with Crippen LogP contribution in [0.25, 0.3) is 0 Å². The zero-order valence-electron chi connectivity index (χ0n) is 15.8. The van der Waals surface area contributed by atoms with Crippen molar-refractivity contribution in [3.05, 3.63) is 35.4 Å². The van der Waals surface area contributed by atoms with E-state index >= 15 is 0 Å². The quantitative estimate of drug-likeness (QED) is 0.521. The second-order valence-corrected chi connectivity index (χ2v) is 8.86. The van der Waals surface area contributed by atoms with Gasteiger partial charge in [0.25, 0.3) is 5.79 Å². The topological polar surface area (TPSA) is 99.4 Å². The molecule has 144 valence electrons.